The number of urea groups is 1. The number of aromatic nitrogens is 5. The SMILES string of the molecule is COc1cc(Cl)nc(NC(=O)NS(=O)(=O)c2c(F)nc3cccnn23)n1. The van der Waals surface area contributed by atoms with Crippen molar-refractivity contribution in [3.8, 4) is 5.88 Å². The summed E-state index contributed by atoms with van der Waals surface area (Å²) in [5.41, 5.74) is -0.0475. The summed E-state index contributed by atoms with van der Waals surface area (Å²) in [7, 11) is -3.33. The molecule has 0 unspecified atom stereocenters. The van der Waals surface area contributed by atoms with Crippen molar-refractivity contribution in [1.82, 2.24) is 29.3 Å². The molecule has 3 aromatic rings. The van der Waals surface area contributed by atoms with Gasteiger partial charge in [-0.1, -0.05) is 11.6 Å². The van der Waals surface area contributed by atoms with Gasteiger partial charge in [0.05, 0.1) is 7.11 Å². The maximum absolute atomic E-state index is 13.9. The van der Waals surface area contributed by atoms with E-state index in [4.69, 9.17) is 16.3 Å². The number of imidazole rings is 1. The van der Waals surface area contributed by atoms with Crippen LogP contribution in [0.4, 0.5) is 15.1 Å². The van der Waals surface area contributed by atoms with E-state index in [2.05, 4.69) is 25.4 Å². The van der Waals surface area contributed by atoms with E-state index in [0.29, 0.717) is 0 Å². The van der Waals surface area contributed by atoms with Crippen LogP contribution < -0.4 is 14.8 Å². The van der Waals surface area contributed by atoms with Crippen LogP contribution in [0.3, 0.4) is 0 Å². The van der Waals surface area contributed by atoms with Gasteiger partial charge in [-0.3, -0.25) is 5.32 Å². The standard InChI is InChI=1S/C12H9ClFN7O4S/c1-25-8-5-6(13)16-11(18-8)19-12(22)20-26(23,24)10-9(14)17-7-3-2-4-15-21(7)10/h2-5H,1H3,(H2,16,18,19,20,22). The molecule has 0 radical (unpaired) electrons. The summed E-state index contributed by atoms with van der Waals surface area (Å²) < 4.78 is 45.8. The summed E-state index contributed by atoms with van der Waals surface area (Å²) in [5, 5.41) is 4.78. The maximum Gasteiger partial charge on any atom is 0.335 e. The number of rotatable bonds is 4. The number of hydrogen-bond acceptors (Lipinski definition) is 8. The number of amides is 2. The van der Waals surface area contributed by atoms with Crippen LogP contribution in [-0.2, 0) is 10.0 Å². The first-order valence-electron chi connectivity index (χ1n) is 6.72. The normalized spacial score (nSPS) is 11.3. The topological polar surface area (TPSA) is 140 Å². The first-order chi connectivity index (χ1) is 12.3. The van der Waals surface area contributed by atoms with Crippen LogP contribution in [0.15, 0.2) is 29.4 Å². The molecular formula is C12H9ClFN7O4S. The molecule has 0 aliphatic carbocycles. The zero-order valence-electron chi connectivity index (χ0n) is 12.8. The van der Waals surface area contributed by atoms with E-state index < -0.39 is 27.0 Å². The third-order valence-electron chi connectivity index (χ3n) is 2.90. The maximum atomic E-state index is 13.9. The Kier molecular flexibility index (Phi) is 4.56. The minimum absolute atomic E-state index is 0.0418. The molecule has 14 heteroatoms. The molecular weight excluding hydrogens is 393 g/mol. The van der Waals surface area contributed by atoms with Crippen LogP contribution in [0, 0.1) is 5.95 Å². The number of carbonyl (C=O) groups excluding carboxylic acids is 1. The molecule has 0 spiro atoms. The summed E-state index contributed by atoms with van der Waals surface area (Å²) in [5.74, 6) is -1.59. The van der Waals surface area contributed by atoms with Gasteiger partial charge < -0.3 is 4.74 Å². The van der Waals surface area contributed by atoms with Crippen LogP contribution >= 0.6 is 11.6 Å². The first-order valence-corrected chi connectivity index (χ1v) is 8.58. The average molecular weight is 402 g/mol. The number of fused-ring (bicyclic) bond motifs is 1. The van der Waals surface area contributed by atoms with Crippen LogP contribution in [0.1, 0.15) is 0 Å². The molecule has 3 heterocycles. The Bertz CT molecular complexity index is 1100. The van der Waals surface area contributed by atoms with Gasteiger partial charge in [0.25, 0.3) is 16.0 Å². The second kappa shape index (κ2) is 6.68. The first kappa shape index (κ1) is 17.8. The van der Waals surface area contributed by atoms with E-state index in [1.54, 1.807) is 4.72 Å². The van der Waals surface area contributed by atoms with Crippen molar-refractivity contribution < 1.29 is 22.3 Å². The molecule has 3 aromatic heterocycles. The summed E-state index contributed by atoms with van der Waals surface area (Å²) >= 11 is 5.72. The smallest absolute Gasteiger partial charge is 0.335 e. The Labute approximate surface area is 150 Å². The molecule has 26 heavy (non-hydrogen) atoms. The summed E-state index contributed by atoms with van der Waals surface area (Å²) in [4.78, 5) is 22.8. The van der Waals surface area contributed by atoms with Crippen LogP contribution in [0.5, 0.6) is 5.88 Å². The molecule has 0 aromatic carbocycles. The molecule has 2 N–H and O–H groups in total. The number of nitrogens with zero attached hydrogens (tertiary/aromatic N) is 5. The number of anilines is 1. The van der Waals surface area contributed by atoms with E-state index in [1.165, 1.54) is 31.5 Å². The number of carbonyl (C=O) groups is 1. The monoisotopic (exact) mass is 401 g/mol. The highest BCUT2D eigenvalue weighted by molar-refractivity contribution is 7.90. The minimum atomic E-state index is -4.64. The highest BCUT2D eigenvalue weighted by Gasteiger charge is 2.28. The predicted octanol–water partition coefficient (Wildman–Crippen LogP) is 0.831. The summed E-state index contributed by atoms with van der Waals surface area (Å²) in [6.45, 7) is 0. The number of halogens is 2. The molecule has 3 rings (SSSR count). The van der Waals surface area contributed by atoms with Gasteiger partial charge in [0.2, 0.25) is 16.9 Å². The molecule has 2 amide bonds. The Hall–Kier alpha value is -3.06. The molecule has 11 nitrogen and oxygen atoms in total. The Balaban J connectivity index is 1.86. The molecule has 0 atom stereocenters. The Morgan fingerprint density at radius 3 is 2.85 bits per heavy atom. The molecule has 0 fully saturated rings. The molecule has 0 aliphatic heterocycles. The number of ether oxygens (including phenoxy) is 1. The number of methoxy groups -OCH3 is 1. The zero-order valence-corrected chi connectivity index (χ0v) is 14.4. The molecule has 0 saturated carbocycles. The molecule has 0 saturated heterocycles. The second-order valence-corrected chi connectivity index (χ2v) is 6.60. The van der Waals surface area contributed by atoms with Crippen molar-refractivity contribution in [2.24, 2.45) is 0 Å². The summed E-state index contributed by atoms with van der Waals surface area (Å²) in [6, 6.07) is 2.82. The third-order valence-corrected chi connectivity index (χ3v) is 4.40. The Morgan fingerprint density at radius 1 is 1.35 bits per heavy atom. The van der Waals surface area contributed by atoms with E-state index in [0.717, 1.165) is 4.52 Å². The van der Waals surface area contributed by atoms with Gasteiger partial charge in [-0.25, -0.2) is 14.5 Å². The fraction of sp³-hybridized carbons (Fsp3) is 0.0833. The lowest BCUT2D eigenvalue weighted by molar-refractivity contribution is 0.256. The van der Waals surface area contributed by atoms with Crippen LogP contribution in [-0.4, -0.2) is 46.1 Å². The van der Waals surface area contributed by atoms with Crippen molar-refractivity contribution in [2.75, 3.05) is 12.4 Å². The predicted molar refractivity (Wildman–Crippen MR) is 85.9 cm³/mol. The van der Waals surface area contributed by atoms with Crippen molar-refractivity contribution in [3.05, 3.63) is 35.5 Å². The van der Waals surface area contributed by atoms with Gasteiger partial charge in [0.15, 0.2) is 5.65 Å². The van der Waals surface area contributed by atoms with Gasteiger partial charge in [-0.2, -0.15) is 32.4 Å². The largest absolute Gasteiger partial charge is 0.481 e. The highest BCUT2D eigenvalue weighted by atomic mass is 35.5. The average Bonchev–Trinajstić information content (AvgIpc) is 2.89. The van der Waals surface area contributed by atoms with E-state index in [1.807, 2.05) is 0 Å². The van der Waals surface area contributed by atoms with E-state index >= 15 is 0 Å². The van der Waals surface area contributed by atoms with Crippen LogP contribution in [0.25, 0.3) is 5.65 Å². The number of hydrogen-bond donors (Lipinski definition) is 2. The van der Waals surface area contributed by atoms with E-state index in [-0.39, 0.29) is 22.6 Å². The van der Waals surface area contributed by atoms with Crippen molar-refractivity contribution in [3.63, 3.8) is 0 Å². The lowest BCUT2D eigenvalue weighted by Gasteiger charge is -2.08. The molecule has 0 bridgehead atoms. The quantitative estimate of drug-likeness (QED) is 0.612. The molecule has 0 aliphatic rings. The van der Waals surface area contributed by atoms with Crippen LogP contribution in [0.2, 0.25) is 5.15 Å². The van der Waals surface area contributed by atoms with Gasteiger partial charge >= 0.3 is 6.03 Å². The number of nitrogens with one attached hydrogen (secondary N) is 2. The molecule has 136 valence electrons. The van der Waals surface area contributed by atoms with Crippen molar-refractivity contribution >= 4 is 39.3 Å². The van der Waals surface area contributed by atoms with Gasteiger partial charge in [0.1, 0.15) is 5.15 Å². The fourth-order valence-electron chi connectivity index (χ4n) is 1.92. The zero-order chi connectivity index (χ0) is 18.9. The second-order valence-electron chi connectivity index (χ2n) is 4.62. The van der Waals surface area contributed by atoms with E-state index in [9.17, 15) is 17.6 Å². The van der Waals surface area contributed by atoms with Crippen molar-refractivity contribution in [2.45, 2.75) is 5.03 Å². The lowest BCUT2D eigenvalue weighted by Crippen LogP contribution is -2.36. The highest BCUT2D eigenvalue weighted by Crippen LogP contribution is 2.17. The van der Waals surface area contributed by atoms with Gasteiger partial charge in [-0.15, -0.1) is 0 Å². The van der Waals surface area contributed by atoms with Gasteiger partial charge in [-0.05, 0) is 12.1 Å². The van der Waals surface area contributed by atoms with Gasteiger partial charge in [0, 0.05) is 12.3 Å². The van der Waals surface area contributed by atoms with Crippen molar-refractivity contribution in [1.29, 1.82) is 0 Å². The number of sulfonamides is 1. The Morgan fingerprint density at radius 2 is 2.12 bits per heavy atom. The fourth-order valence-corrected chi connectivity index (χ4v) is 3.12. The summed E-state index contributed by atoms with van der Waals surface area (Å²) in [6.07, 6.45) is 1.24. The lowest BCUT2D eigenvalue weighted by atomic mass is 10.6. The minimum Gasteiger partial charge on any atom is -0.481 e. The third kappa shape index (κ3) is 3.48.